The predicted octanol–water partition coefficient (Wildman–Crippen LogP) is 2.56. The van der Waals surface area contributed by atoms with Gasteiger partial charge in [0.1, 0.15) is 5.75 Å². The van der Waals surface area contributed by atoms with E-state index in [0.717, 1.165) is 11.4 Å². The van der Waals surface area contributed by atoms with Crippen molar-refractivity contribution in [2.24, 2.45) is 0 Å². The van der Waals surface area contributed by atoms with Crippen LogP contribution in [0.5, 0.6) is 5.75 Å². The third-order valence-corrected chi connectivity index (χ3v) is 2.27. The van der Waals surface area contributed by atoms with Gasteiger partial charge in [0.25, 0.3) is 0 Å². The fraction of sp³-hybridized carbons (Fsp3) is 0.0833. The third-order valence-electron chi connectivity index (χ3n) is 2.27. The summed E-state index contributed by atoms with van der Waals surface area (Å²) in [6, 6.07) is 10.9. The molecule has 1 heterocycles. The minimum atomic E-state index is 0.276. The molecule has 0 atom stereocenters. The Morgan fingerprint density at radius 2 is 1.80 bits per heavy atom. The molecule has 0 bridgehead atoms. The van der Waals surface area contributed by atoms with Gasteiger partial charge in [-0.3, -0.25) is 4.98 Å². The maximum atomic E-state index is 9.18. The summed E-state index contributed by atoms with van der Waals surface area (Å²) in [5.74, 6) is 0.276. The van der Waals surface area contributed by atoms with Crippen LogP contribution in [0.25, 0.3) is 0 Å². The molecule has 0 unspecified atom stereocenters. The second kappa shape index (κ2) is 4.00. The van der Waals surface area contributed by atoms with Crippen LogP contribution in [-0.4, -0.2) is 17.1 Å². The fourth-order valence-corrected chi connectivity index (χ4v) is 1.38. The number of rotatable bonds is 2. The lowest BCUT2D eigenvalue weighted by Crippen LogP contribution is -2.08. The van der Waals surface area contributed by atoms with Crippen LogP contribution in [0.3, 0.4) is 0 Å². The summed E-state index contributed by atoms with van der Waals surface area (Å²) in [5, 5.41) is 9.18. The zero-order chi connectivity index (χ0) is 10.7. The van der Waals surface area contributed by atoms with E-state index in [1.54, 1.807) is 24.5 Å². The third kappa shape index (κ3) is 2.07. The molecule has 1 N–H and O–H groups in total. The Bertz CT molecular complexity index is 425. The number of nitrogens with zero attached hydrogens (tertiary/aromatic N) is 2. The first-order valence-electron chi connectivity index (χ1n) is 4.70. The summed E-state index contributed by atoms with van der Waals surface area (Å²) in [5.41, 5.74) is 2.03. The maximum Gasteiger partial charge on any atom is 0.115 e. The Balaban J connectivity index is 2.29. The Morgan fingerprint density at radius 1 is 1.07 bits per heavy atom. The Labute approximate surface area is 88.6 Å². The molecule has 0 aliphatic carbocycles. The number of phenolic OH excluding ortho intramolecular Hbond substituents is 1. The van der Waals surface area contributed by atoms with Gasteiger partial charge in [0.2, 0.25) is 0 Å². The van der Waals surface area contributed by atoms with Crippen LogP contribution in [0.15, 0.2) is 48.8 Å². The number of benzene rings is 1. The van der Waals surface area contributed by atoms with E-state index in [2.05, 4.69) is 4.98 Å². The van der Waals surface area contributed by atoms with E-state index in [4.69, 9.17) is 0 Å². The molecule has 3 heteroatoms. The van der Waals surface area contributed by atoms with Crippen LogP contribution >= 0.6 is 0 Å². The molecular formula is C12H12N2O. The summed E-state index contributed by atoms with van der Waals surface area (Å²) in [6.07, 6.45) is 3.54. The smallest absolute Gasteiger partial charge is 0.115 e. The van der Waals surface area contributed by atoms with Gasteiger partial charge in [-0.05, 0) is 36.4 Å². The standard InChI is InChI=1S/C12H12N2O/c1-14(11-3-2-8-13-9-11)10-4-6-12(15)7-5-10/h2-9,15H,1H3. The second-order valence-corrected chi connectivity index (χ2v) is 3.29. The number of aromatic nitrogens is 1. The van der Waals surface area contributed by atoms with E-state index < -0.39 is 0 Å². The van der Waals surface area contributed by atoms with Gasteiger partial charge in [-0.1, -0.05) is 0 Å². The Morgan fingerprint density at radius 3 is 2.40 bits per heavy atom. The van der Waals surface area contributed by atoms with Gasteiger partial charge >= 0.3 is 0 Å². The molecule has 1 aromatic carbocycles. The van der Waals surface area contributed by atoms with Crippen molar-refractivity contribution in [3.05, 3.63) is 48.8 Å². The minimum absolute atomic E-state index is 0.276. The van der Waals surface area contributed by atoms with Crippen molar-refractivity contribution in [2.45, 2.75) is 0 Å². The number of anilines is 2. The molecule has 0 radical (unpaired) electrons. The van der Waals surface area contributed by atoms with Crippen LogP contribution in [-0.2, 0) is 0 Å². The van der Waals surface area contributed by atoms with Crippen molar-refractivity contribution in [3.63, 3.8) is 0 Å². The summed E-state index contributed by atoms with van der Waals surface area (Å²) >= 11 is 0. The van der Waals surface area contributed by atoms with Crippen molar-refractivity contribution in [1.82, 2.24) is 4.98 Å². The van der Waals surface area contributed by atoms with E-state index in [-0.39, 0.29) is 5.75 Å². The van der Waals surface area contributed by atoms with Gasteiger partial charge in [0.15, 0.2) is 0 Å². The van der Waals surface area contributed by atoms with E-state index >= 15 is 0 Å². The highest BCUT2D eigenvalue weighted by atomic mass is 16.3. The molecule has 76 valence electrons. The molecule has 0 aliphatic heterocycles. The molecule has 0 fully saturated rings. The average Bonchev–Trinajstić information content (AvgIpc) is 2.30. The largest absolute Gasteiger partial charge is 0.508 e. The number of hydrogen-bond donors (Lipinski definition) is 1. The summed E-state index contributed by atoms with van der Waals surface area (Å²) in [7, 11) is 1.96. The van der Waals surface area contributed by atoms with Crippen LogP contribution in [0.4, 0.5) is 11.4 Å². The predicted molar refractivity (Wildman–Crippen MR) is 60.4 cm³/mol. The van der Waals surface area contributed by atoms with Crippen LogP contribution in [0.1, 0.15) is 0 Å². The first-order valence-corrected chi connectivity index (χ1v) is 4.70. The second-order valence-electron chi connectivity index (χ2n) is 3.29. The minimum Gasteiger partial charge on any atom is -0.508 e. The monoisotopic (exact) mass is 200 g/mol. The SMILES string of the molecule is CN(c1ccc(O)cc1)c1cccnc1. The van der Waals surface area contributed by atoms with Crippen molar-refractivity contribution < 1.29 is 5.11 Å². The van der Waals surface area contributed by atoms with Crippen LogP contribution in [0, 0.1) is 0 Å². The normalized spacial score (nSPS) is 9.93. The van der Waals surface area contributed by atoms with Crippen LogP contribution < -0.4 is 4.90 Å². The highest BCUT2D eigenvalue weighted by Crippen LogP contribution is 2.23. The van der Waals surface area contributed by atoms with Gasteiger partial charge in [-0.2, -0.15) is 0 Å². The van der Waals surface area contributed by atoms with E-state index in [1.807, 2.05) is 36.2 Å². The summed E-state index contributed by atoms with van der Waals surface area (Å²) < 4.78 is 0. The lowest BCUT2D eigenvalue weighted by molar-refractivity contribution is 0.475. The molecule has 0 aliphatic rings. The Kier molecular flexibility index (Phi) is 2.54. The van der Waals surface area contributed by atoms with E-state index in [1.165, 1.54) is 0 Å². The van der Waals surface area contributed by atoms with E-state index in [9.17, 15) is 5.11 Å². The fourth-order valence-electron chi connectivity index (χ4n) is 1.38. The first-order chi connectivity index (χ1) is 7.27. The number of pyridine rings is 1. The molecule has 1 aromatic heterocycles. The lowest BCUT2D eigenvalue weighted by atomic mass is 10.2. The molecule has 3 nitrogen and oxygen atoms in total. The number of hydrogen-bond acceptors (Lipinski definition) is 3. The topological polar surface area (TPSA) is 36.4 Å². The molecule has 0 saturated carbocycles. The van der Waals surface area contributed by atoms with Gasteiger partial charge in [0.05, 0.1) is 11.9 Å². The number of phenols is 1. The summed E-state index contributed by atoms with van der Waals surface area (Å²) in [6.45, 7) is 0. The molecule has 0 amide bonds. The Hall–Kier alpha value is -2.03. The molecule has 0 spiro atoms. The molecule has 2 aromatic rings. The molecule has 15 heavy (non-hydrogen) atoms. The van der Waals surface area contributed by atoms with Gasteiger partial charge in [-0.25, -0.2) is 0 Å². The zero-order valence-electron chi connectivity index (χ0n) is 8.46. The van der Waals surface area contributed by atoms with Gasteiger partial charge in [0, 0.05) is 18.9 Å². The maximum absolute atomic E-state index is 9.18. The first kappa shape index (κ1) is 9.52. The van der Waals surface area contributed by atoms with E-state index in [0.29, 0.717) is 0 Å². The molecule has 0 saturated heterocycles. The molecular weight excluding hydrogens is 188 g/mol. The number of aromatic hydroxyl groups is 1. The van der Waals surface area contributed by atoms with Crippen LogP contribution in [0.2, 0.25) is 0 Å². The van der Waals surface area contributed by atoms with Crippen molar-refractivity contribution in [3.8, 4) is 5.75 Å². The van der Waals surface area contributed by atoms with Crippen molar-refractivity contribution in [2.75, 3.05) is 11.9 Å². The highest BCUT2D eigenvalue weighted by molar-refractivity contribution is 5.61. The van der Waals surface area contributed by atoms with Crippen molar-refractivity contribution >= 4 is 11.4 Å². The quantitative estimate of drug-likeness (QED) is 0.809. The van der Waals surface area contributed by atoms with Gasteiger partial charge < -0.3 is 10.0 Å². The lowest BCUT2D eigenvalue weighted by Gasteiger charge is -2.18. The van der Waals surface area contributed by atoms with Gasteiger partial charge in [-0.15, -0.1) is 0 Å². The molecule has 2 rings (SSSR count). The average molecular weight is 200 g/mol. The van der Waals surface area contributed by atoms with Crippen molar-refractivity contribution in [1.29, 1.82) is 0 Å². The highest BCUT2D eigenvalue weighted by Gasteiger charge is 2.02. The summed E-state index contributed by atoms with van der Waals surface area (Å²) in [4.78, 5) is 6.06. The zero-order valence-corrected chi connectivity index (χ0v) is 8.46.